The monoisotopic (exact) mass is 289 g/mol. The molecule has 0 saturated heterocycles. The van der Waals surface area contributed by atoms with Gasteiger partial charge in [-0.15, -0.1) is 11.8 Å². The van der Waals surface area contributed by atoms with E-state index in [1.54, 1.807) is 11.6 Å². The Hall–Kier alpha value is -1.77. The smallest absolute Gasteiger partial charge is 0.168 e. The van der Waals surface area contributed by atoms with Crippen LogP contribution >= 0.6 is 11.8 Å². The number of carbonyl (C=O) groups excluding carboxylic acids is 1. The molecule has 0 atom stereocenters. The lowest BCUT2D eigenvalue weighted by molar-refractivity contribution is -0.104. The number of rotatable bonds is 6. The van der Waals surface area contributed by atoms with Crippen LogP contribution in [0.4, 0.5) is 0 Å². The largest absolute Gasteiger partial charge is 0.486 e. The molecule has 0 aromatic carbocycles. The lowest BCUT2D eigenvalue weighted by atomic mass is 10.1. The Bertz CT molecular complexity index is 533. The van der Waals surface area contributed by atoms with Crippen molar-refractivity contribution in [2.45, 2.75) is 20.3 Å². The van der Waals surface area contributed by atoms with Gasteiger partial charge in [-0.2, -0.15) is 0 Å². The third kappa shape index (κ3) is 5.91. The van der Waals surface area contributed by atoms with Crippen LogP contribution in [0.3, 0.4) is 0 Å². The minimum atomic E-state index is 0.427. The van der Waals surface area contributed by atoms with Crippen molar-refractivity contribution in [3.05, 3.63) is 52.0 Å². The number of thioether (sulfide) groups is 1. The van der Waals surface area contributed by atoms with Crippen molar-refractivity contribution < 1.29 is 9.53 Å². The molecule has 0 aromatic heterocycles. The van der Waals surface area contributed by atoms with Gasteiger partial charge in [-0.3, -0.25) is 9.79 Å². The molecule has 20 heavy (non-hydrogen) atoms. The molecule has 3 nitrogen and oxygen atoms in total. The molecular weight excluding hydrogens is 270 g/mol. The molecule has 0 amide bonds. The van der Waals surface area contributed by atoms with Crippen molar-refractivity contribution in [1.82, 2.24) is 0 Å². The molecule has 1 aliphatic rings. The second-order valence-corrected chi connectivity index (χ2v) is 4.86. The maximum absolute atomic E-state index is 10.8. The number of allylic oxidation sites excluding steroid dienone is 4. The molecule has 0 aliphatic carbocycles. The summed E-state index contributed by atoms with van der Waals surface area (Å²) < 4.78 is 5.45. The second-order valence-electron chi connectivity index (χ2n) is 4.16. The molecule has 1 aliphatic heterocycles. The van der Waals surface area contributed by atoms with E-state index in [4.69, 9.17) is 4.74 Å². The van der Waals surface area contributed by atoms with Crippen LogP contribution in [-0.2, 0) is 9.53 Å². The summed E-state index contributed by atoms with van der Waals surface area (Å²) in [6.07, 6.45) is 11.0. The van der Waals surface area contributed by atoms with Gasteiger partial charge in [-0.05, 0) is 43.2 Å². The molecule has 0 N–H and O–H groups in total. The average Bonchev–Trinajstić information content (AvgIpc) is 2.44. The van der Waals surface area contributed by atoms with Crippen LogP contribution in [0.5, 0.6) is 0 Å². The maximum atomic E-state index is 10.8. The van der Waals surface area contributed by atoms with Gasteiger partial charge in [0.1, 0.15) is 5.70 Å². The number of ether oxygens (including phenoxy) is 1. The van der Waals surface area contributed by atoms with Crippen LogP contribution < -0.4 is 0 Å². The number of nitrogens with zero attached hydrogens (tertiary/aromatic N) is 1. The minimum Gasteiger partial charge on any atom is -0.486 e. The zero-order valence-corrected chi connectivity index (χ0v) is 12.9. The summed E-state index contributed by atoms with van der Waals surface area (Å²) in [6.45, 7) is 4.55. The first-order valence-corrected chi connectivity index (χ1v) is 7.64. The Morgan fingerprint density at radius 1 is 1.50 bits per heavy atom. The average molecular weight is 289 g/mol. The van der Waals surface area contributed by atoms with E-state index in [0.29, 0.717) is 12.3 Å². The fourth-order valence-corrected chi connectivity index (χ4v) is 1.93. The quantitative estimate of drug-likeness (QED) is 0.323. The molecule has 4 heteroatoms. The third-order valence-electron chi connectivity index (χ3n) is 2.41. The van der Waals surface area contributed by atoms with Gasteiger partial charge in [0.15, 0.2) is 12.0 Å². The SMILES string of the molecule is C/C=C\C1=C=C(/C=C(C)/C=N/C(C=O)=C\SC)CCO1. The summed E-state index contributed by atoms with van der Waals surface area (Å²) >= 11 is 1.46. The Morgan fingerprint density at radius 2 is 2.30 bits per heavy atom. The Kier molecular flexibility index (Phi) is 7.48. The molecule has 106 valence electrons. The van der Waals surface area contributed by atoms with Crippen molar-refractivity contribution in [1.29, 1.82) is 0 Å². The highest BCUT2D eigenvalue weighted by Gasteiger charge is 2.03. The summed E-state index contributed by atoms with van der Waals surface area (Å²) in [5.74, 6) is 0.755. The lowest BCUT2D eigenvalue weighted by Crippen LogP contribution is -1.99. The first-order chi connectivity index (χ1) is 9.69. The van der Waals surface area contributed by atoms with Gasteiger partial charge in [-0.25, -0.2) is 0 Å². The molecule has 0 radical (unpaired) electrons. The summed E-state index contributed by atoms with van der Waals surface area (Å²) in [7, 11) is 0. The molecule has 1 heterocycles. The molecule has 1 rings (SSSR count). The maximum Gasteiger partial charge on any atom is 0.168 e. The molecule has 0 unspecified atom stereocenters. The van der Waals surface area contributed by atoms with Gasteiger partial charge in [0.2, 0.25) is 0 Å². The number of carbonyl (C=O) groups is 1. The number of hydrogen-bond donors (Lipinski definition) is 0. The van der Waals surface area contributed by atoms with Crippen molar-refractivity contribution in [3.63, 3.8) is 0 Å². The molecule has 0 bridgehead atoms. The summed E-state index contributed by atoms with van der Waals surface area (Å²) in [5, 5.41) is 1.72. The van der Waals surface area contributed by atoms with E-state index in [0.717, 1.165) is 29.6 Å². The topological polar surface area (TPSA) is 38.7 Å². The van der Waals surface area contributed by atoms with Crippen molar-refractivity contribution in [2.75, 3.05) is 12.9 Å². The molecule has 0 aromatic rings. The van der Waals surface area contributed by atoms with Crippen LogP contribution in [0, 0.1) is 0 Å². The van der Waals surface area contributed by atoms with Gasteiger partial charge in [-0.1, -0.05) is 11.8 Å². The first-order valence-electron chi connectivity index (χ1n) is 6.35. The van der Waals surface area contributed by atoms with E-state index in [1.165, 1.54) is 11.8 Å². The summed E-state index contributed by atoms with van der Waals surface area (Å²) in [4.78, 5) is 14.9. The van der Waals surface area contributed by atoms with E-state index in [9.17, 15) is 4.79 Å². The van der Waals surface area contributed by atoms with Gasteiger partial charge in [0, 0.05) is 18.2 Å². The zero-order chi connectivity index (χ0) is 14.8. The number of hydrogen-bond acceptors (Lipinski definition) is 4. The molecule has 0 saturated carbocycles. The highest BCUT2D eigenvalue weighted by atomic mass is 32.2. The van der Waals surface area contributed by atoms with Gasteiger partial charge >= 0.3 is 0 Å². The summed E-state index contributed by atoms with van der Waals surface area (Å²) in [5.41, 5.74) is 5.69. The van der Waals surface area contributed by atoms with Gasteiger partial charge in [0.25, 0.3) is 0 Å². The molecular formula is C16H19NO2S. The van der Waals surface area contributed by atoms with Crippen LogP contribution in [0.1, 0.15) is 20.3 Å². The first kappa shape index (κ1) is 16.3. The van der Waals surface area contributed by atoms with E-state index in [1.807, 2.05) is 38.3 Å². The van der Waals surface area contributed by atoms with Crippen molar-refractivity contribution >= 4 is 24.3 Å². The van der Waals surface area contributed by atoms with E-state index < -0.39 is 0 Å². The fraction of sp³-hybridized carbons (Fsp3) is 0.312. The predicted octanol–water partition coefficient (Wildman–Crippen LogP) is 3.81. The summed E-state index contributed by atoms with van der Waals surface area (Å²) in [6, 6.07) is 0. The van der Waals surface area contributed by atoms with Crippen LogP contribution in [0.25, 0.3) is 0 Å². The number of aldehydes is 1. The third-order valence-corrected chi connectivity index (χ3v) is 2.89. The van der Waals surface area contributed by atoms with Crippen molar-refractivity contribution in [3.8, 4) is 0 Å². The van der Waals surface area contributed by atoms with E-state index >= 15 is 0 Å². The molecule has 0 spiro atoms. The normalized spacial score (nSPS) is 17.1. The highest BCUT2D eigenvalue weighted by Crippen LogP contribution is 2.14. The molecule has 0 fully saturated rings. The predicted molar refractivity (Wildman–Crippen MR) is 85.8 cm³/mol. The lowest BCUT2D eigenvalue weighted by Gasteiger charge is -2.10. The van der Waals surface area contributed by atoms with Crippen LogP contribution in [0.2, 0.25) is 0 Å². The van der Waals surface area contributed by atoms with Crippen LogP contribution in [-0.4, -0.2) is 25.4 Å². The minimum absolute atomic E-state index is 0.427. The highest BCUT2D eigenvalue weighted by molar-refractivity contribution is 8.01. The number of aliphatic imine (C=N–C) groups is 1. The van der Waals surface area contributed by atoms with Crippen molar-refractivity contribution in [2.24, 2.45) is 4.99 Å². The van der Waals surface area contributed by atoms with E-state index in [2.05, 4.69) is 10.7 Å². The fourth-order valence-electron chi connectivity index (χ4n) is 1.58. The van der Waals surface area contributed by atoms with E-state index in [-0.39, 0.29) is 0 Å². The van der Waals surface area contributed by atoms with Gasteiger partial charge in [0.05, 0.1) is 6.61 Å². The Morgan fingerprint density at radius 3 is 2.95 bits per heavy atom. The Labute approximate surface area is 124 Å². The standard InChI is InChI=1S/C16H19NO2S/c1-4-5-16-9-14(6-7-19-16)8-13(2)10-17-15(11-18)12-20-3/h4-5,8,10-12H,6-7H2,1-3H3/b5-4-,13-8+,15-12-,17-10+. The van der Waals surface area contributed by atoms with Crippen LogP contribution in [0.15, 0.2) is 57.0 Å². The second kappa shape index (κ2) is 9.18. The van der Waals surface area contributed by atoms with Gasteiger partial charge < -0.3 is 4.74 Å². The Balaban J connectivity index is 2.88. The zero-order valence-electron chi connectivity index (χ0n) is 12.1.